The fourth-order valence-electron chi connectivity index (χ4n) is 2.10. The fourth-order valence-corrected chi connectivity index (χ4v) is 2.95. The minimum Gasteiger partial charge on any atom is -0.483 e. The maximum absolute atomic E-state index is 12.0. The molecule has 2 rings (SSSR count). The van der Waals surface area contributed by atoms with Crippen LogP contribution in [0, 0.1) is 0 Å². The molecule has 1 N–H and O–H groups in total. The van der Waals surface area contributed by atoms with Crippen LogP contribution in [0.25, 0.3) is 0 Å². The zero-order valence-electron chi connectivity index (χ0n) is 13.4. The first-order chi connectivity index (χ1) is 11.4. The Labute approximate surface area is 160 Å². The lowest BCUT2D eigenvalue weighted by Crippen LogP contribution is -2.20. The van der Waals surface area contributed by atoms with Crippen LogP contribution in [0.2, 0.25) is 10.0 Å². The van der Waals surface area contributed by atoms with E-state index in [9.17, 15) is 4.79 Å². The predicted molar refractivity (Wildman–Crippen MR) is 103 cm³/mol. The molecular weight excluding hydrogens is 413 g/mol. The highest BCUT2D eigenvalue weighted by Crippen LogP contribution is 2.30. The van der Waals surface area contributed by atoms with Gasteiger partial charge in [0, 0.05) is 5.02 Å². The molecule has 1 unspecified atom stereocenters. The van der Waals surface area contributed by atoms with Gasteiger partial charge in [-0.05, 0) is 64.2 Å². The minimum absolute atomic E-state index is 0.121. The van der Waals surface area contributed by atoms with E-state index in [1.54, 1.807) is 18.2 Å². The number of anilines is 1. The van der Waals surface area contributed by atoms with Crippen molar-refractivity contribution >= 4 is 50.7 Å². The second-order valence-electron chi connectivity index (χ2n) is 5.46. The molecule has 2 aromatic rings. The number of hydrogen-bond donors (Lipinski definition) is 1. The van der Waals surface area contributed by atoms with Gasteiger partial charge in [-0.25, -0.2) is 0 Å². The number of rotatable bonds is 6. The number of nitrogens with one attached hydrogen (secondary N) is 1. The second kappa shape index (κ2) is 8.75. The van der Waals surface area contributed by atoms with Crippen LogP contribution in [0.5, 0.6) is 5.75 Å². The van der Waals surface area contributed by atoms with E-state index in [2.05, 4.69) is 35.1 Å². The molecule has 0 bridgehead atoms. The molecule has 0 aliphatic carbocycles. The summed E-state index contributed by atoms with van der Waals surface area (Å²) in [5.41, 5.74) is 1.69. The minimum atomic E-state index is -0.308. The van der Waals surface area contributed by atoms with Gasteiger partial charge in [0.1, 0.15) is 5.75 Å². The largest absolute Gasteiger partial charge is 0.483 e. The Kier molecular flexibility index (Phi) is 6.96. The summed E-state index contributed by atoms with van der Waals surface area (Å²) in [4.78, 5) is 12.0. The molecule has 0 saturated heterocycles. The molecule has 3 nitrogen and oxygen atoms in total. The van der Waals surface area contributed by atoms with Gasteiger partial charge < -0.3 is 10.1 Å². The maximum atomic E-state index is 12.0. The Hall–Kier alpha value is -1.23. The molecule has 2 aromatic carbocycles. The normalized spacial score (nSPS) is 11.9. The number of ether oxygens (including phenoxy) is 1. The summed E-state index contributed by atoms with van der Waals surface area (Å²) < 4.78 is 6.40. The molecule has 0 aliphatic rings. The lowest BCUT2D eigenvalue weighted by molar-refractivity contribution is -0.118. The average molecular weight is 431 g/mol. The smallest absolute Gasteiger partial charge is 0.262 e. The van der Waals surface area contributed by atoms with Crippen LogP contribution < -0.4 is 10.1 Å². The molecule has 1 atom stereocenters. The number of amides is 1. The van der Waals surface area contributed by atoms with E-state index in [0.717, 1.165) is 10.9 Å². The topological polar surface area (TPSA) is 38.3 Å². The molecule has 0 aliphatic heterocycles. The SMILES string of the molecule is CCC(C)c1ccc(OCC(=O)Nc2cc(Cl)ccc2Cl)c(Br)c1. The van der Waals surface area contributed by atoms with Crippen LogP contribution in [-0.2, 0) is 4.79 Å². The Morgan fingerprint density at radius 2 is 2.00 bits per heavy atom. The predicted octanol–water partition coefficient (Wildman–Crippen LogP) is 6.29. The van der Waals surface area contributed by atoms with Gasteiger partial charge in [0.15, 0.2) is 6.61 Å². The van der Waals surface area contributed by atoms with E-state index in [-0.39, 0.29) is 12.5 Å². The first kappa shape index (κ1) is 19.1. The summed E-state index contributed by atoms with van der Waals surface area (Å²) in [6, 6.07) is 10.8. The lowest BCUT2D eigenvalue weighted by Gasteiger charge is -2.13. The number of carbonyl (C=O) groups excluding carboxylic acids is 1. The van der Waals surface area contributed by atoms with Crippen LogP contribution in [0.15, 0.2) is 40.9 Å². The number of carbonyl (C=O) groups is 1. The van der Waals surface area contributed by atoms with Gasteiger partial charge in [0.2, 0.25) is 0 Å². The monoisotopic (exact) mass is 429 g/mol. The van der Waals surface area contributed by atoms with Gasteiger partial charge in [-0.3, -0.25) is 4.79 Å². The van der Waals surface area contributed by atoms with Crippen molar-refractivity contribution in [1.29, 1.82) is 0 Å². The molecular formula is C18H18BrCl2NO2. The van der Waals surface area contributed by atoms with Gasteiger partial charge in [0.25, 0.3) is 5.91 Å². The van der Waals surface area contributed by atoms with Gasteiger partial charge in [-0.2, -0.15) is 0 Å². The first-order valence-corrected chi connectivity index (χ1v) is 9.12. The third-order valence-electron chi connectivity index (χ3n) is 3.70. The standard InChI is InChI=1S/C18H18BrCl2NO2/c1-3-11(2)12-4-7-17(14(19)8-12)24-10-18(23)22-16-9-13(20)5-6-15(16)21/h4-9,11H,3,10H2,1-2H3,(H,22,23). The highest BCUT2D eigenvalue weighted by molar-refractivity contribution is 9.10. The van der Waals surface area contributed by atoms with E-state index in [4.69, 9.17) is 27.9 Å². The van der Waals surface area contributed by atoms with Crippen LogP contribution in [0.4, 0.5) is 5.69 Å². The summed E-state index contributed by atoms with van der Waals surface area (Å²) in [5.74, 6) is 0.787. The summed E-state index contributed by atoms with van der Waals surface area (Å²) in [7, 11) is 0. The molecule has 128 valence electrons. The lowest BCUT2D eigenvalue weighted by atomic mass is 9.99. The van der Waals surface area contributed by atoms with E-state index in [1.165, 1.54) is 5.56 Å². The number of hydrogen-bond acceptors (Lipinski definition) is 2. The van der Waals surface area contributed by atoms with Crippen LogP contribution >= 0.6 is 39.1 Å². The highest BCUT2D eigenvalue weighted by atomic mass is 79.9. The van der Waals surface area contributed by atoms with Crippen molar-refractivity contribution in [3.8, 4) is 5.75 Å². The molecule has 6 heteroatoms. The van der Waals surface area contributed by atoms with Crippen molar-refractivity contribution in [2.24, 2.45) is 0 Å². The molecule has 0 spiro atoms. The van der Waals surface area contributed by atoms with Gasteiger partial charge in [-0.1, -0.05) is 43.1 Å². The Morgan fingerprint density at radius 3 is 2.67 bits per heavy atom. The van der Waals surface area contributed by atoms with Crippen molar-refractivity contribution < 1.29 is 9.53 Å². The maximum Gasteiger partial charge on any atom is 0.262 e. The van der Waals surface area contributed by atoms with Crippen molar-refractivity contribution in [2.45, 2.75) is 26.2 Å². The third-order valence-corrected chi connectivity index (χ3v) is 4.88. The molecule has 0 saturated carbocycles. The molecule has 1 amide bonds. The zero-order valence-corrected chi connectivity index (χ0v) is 16.5. The Morgan fingerprint density at radius 1 is 1.25 bits per heavy atom. The molecule has 0 aromatic heterocycles. The van der Waals surface area contributed by atoms with Gasteiger partial charge in [-0.15, -0.1) is 0 Å². The summed E-state index contributed by atoms with van der Waals surface area (Å²) in [5, 5.41) is 3.61. The average Bonchev–Trinajstić information content (AvgIpc) is 2.56. The Bertz CT molecular complexity index is 737. The number of benzene rings is 2. The number of halogens is 3. The van der Waals surface area contributed by atoms with Crippen LogP contribution in [0.3, 0.4) is 0 Å². The first-order valence-electron chi connectivity index (χ1n) is 7.57. The van der Waals surface area contributed by atoms with Gasteiger partial charge >= 0.3 is 0 Å². The summed E-state index contributed by atoms with van der Waals surface area (Å²) in [6.45, 7) is 4.20. The molecule has 0 radical (unpaired) electrons. The highest BCUT2D eigenvalue weighted by Gasteiger charge is 2.11. The van der Waals surface area contributed by atoms with Gasteiger partial charge in [0.05, 0.1) is 15.2 Å². The Balaban J connectivity index is 1.98. The zero-order chi connectivity index (χ0) is 17.7. The molecule has 0 heterocycles. The molecule has 24 heavy (non-hydrogen) atoms. The molecule has 0 fully saturated rings. The van der Waals surface area contributed by atoms with Crippen molar-refractivity contribution in [1.82, 2.24) is 0 Å². The van der Waals surface area contributed by atoms with Crippen molar-refractivity contribution in [3.05, 3.63) is 56.5 Å². The second-order valence-corrected chi connectivity index (χ2v) is 7.16. The third kappa shape index (κ3) is 5.13. The van der Waals surface area contributed by atoms with Crippen molar-refractivity contribution in [3.63, 3.8) is 0 Å². The van der Waals surface area contributed by atoms with E-state index < -0.39 is 0 Å². The van der Waals surface area contributed by atoms with E-state index in [1.807, 2.05) is 18.2 Å². The van der Waals surface area contributed by atoms with E-state index >= 15 is 0 Å². The quantitative estimate of drug-likeness (QED) is 0.584. The fraction of sp³-hybridized carbons (Fsp3) is 0.278. The van der Waals surface area contributed by atoms with Crippen LogP contribution in [-0.4, -0.2) is 12.5 Å². The summed E-state index contributed by atoms with van der Waals surface area (Å²) in [6.07, 6.45) is 1.06. The van der Waals surface area contributed by atoms with Crippen LogP contribution in [0.1, 0.15) is 31.7 Å². The summed E-state index contributed by atoms with van der Waals surface area (Å²) >= 11 is 15.4. The van der Waals surface area contributed by atoms with Crippen molar-refractivity contribution in [2.75, 3.05) is 11.9 Å². The van der Waals surface area contributed by atoms with E-state index in [0.29, 0.717) is 27.4 Å².